The maximum atomic E-state index is 11.7. The van der Waals surface area contributed by atoms with Gasteiger partial charge in [-0.15, -0.1) is 10.2 Å². The van der Waals surface area contributed by atoms with Gasteiger partial charge in [-0.2, -0.15) is 0 Å². The van der Waals surface area contributed by atoms with Gasteiger partial charge in [-0.05, 0) is 32.5 Å². The first-order chi connectivity index (χ1) is 10.6. The first kappa shape index (κ1) is 18.5. The highest BCUT2D eigenvalue weighted by molar-refractivity contribution is 7.15. The molecule has 0 fully saturated rings. The predicted octanol–water partition coefficient (Wildman–Crippen LogP) is 1.28. The van der Waals surface area contributed by atoms with Gasteiger partial charge in [0.1, 0.15) is 5.01 Å². The van der Waals surface area contributed by atoms with Crippen molar-refractivity contribution in [2.75, 3.05) is 31.5 Å². The van der Waals surface area contributed by atoms with Gasteiger partial charge in [0.05, 0.1) is 0 Å². The molecule has 22 heavy (non-hydrogen) atoms. The Balaban J connectivity index is 2.28. The van der Waals surface area contributed by atoms with Gasteiger partial charge >= 0.3 is 11.8 Å². The highest BCUT2D eigenvalue weighted by Crippen LogP contribution is 2.16. The Morgan fingerprint density at radius 2 is 1.86 bits per heavy atom. The molecule has 2 amide bonds. The second-order valence-electron chi connectivity index (χ2n) is 4.84. The molecule has 0 aliphatic rings. The van der Waals surface area contributed by atoms with Crippen molar-refractivity contribution in [1.82, 2.24) is 20.4 Å². The highest BCUT2D eigenvalue weighted by atomic mass is 32.1. The van der Waals surface area contributed by atoms with Gasteiger partial charge in [-0.3, -0.25) is 14.9 Å². The Morgan fingerprint density at radius 1 is 1.14 bits per heavy atom. The van der Waals surface area contributed by atoms with E-state index in [4.69, 9.17) is 0 Å². The zero-order valence-electron chi connectivity index (χ0n) is 13.5. The summed E-state index contributed by atoms with van der Waals surface area (Å²) in [5, 5.41) is 14.1. The van der Waals surface area contributed by atoms with Crippen LogP contribution >= 0.6 is 11.3 Å². The lowest BCUT2D eigenvalue weighted by atomic mass is 10.3. The molecule has 8 heteroatoms. The number of aryl methyl sites for hydroxylation is 1. The van der Waals surface area contributed by atoms with Crippen molar-refractivity contribution in [1.29, 1.82) is 0 Å². The van der Waals surface area contributed by atoms with E-state index in [0.717, 1.165) is 43.9 Å². The molecule has 0 spiro atoms. The number of carbonyl (C=O) groups excluding carboxylic acids is 2. The van der Waals surface area contributed by atoms with Crippen molar-refractivity contribution in [2.45, 2.75) is 40.0 Å². The summed E-state index contributed by atoms with van der Waals surface area (Å²) >= 11 is 1.30. The molecule has 0 unspecified atom stereocenters. The van der Waals surface area contributed by atoms with Crippen molar-refractivity contribution >= 4 is 28.3 Å². The summed E-state index contributed by atoms with van der Waals surface area (Å²) in [6, 6.07) is 0. The molecule has 1 aromatic rings. The lowest BCUT2D eigenvalue weighted by Crippen LogP contribution is -2.37. The van der Waals surface area contributed by atoms with Crippen LogP contribution in [0, 0.1) is 0 Å². The molecule has 2 N–H and O–H groups in total. The minimum absolute atomic E-state index is 0.367. The third-order valence-corrected chi connectivity index (χ3v) is 4.09. The van der Waals surface area contributed by atoms with E-state index >= 15 is 0 Å². The average Bonchev–Trinajstić information content (AvgIpc) is 2.94. The summed E-state index contributed by atoms with van der Waals surface area (Å²) in [7, 11) is 0. The molecule has 0 radical (unpaired) electrons. The standard InChI is InChI=1S/C14H25N5O2S/c1-4-8-11-17-18-14(22-11)16-13(21)12(20)15-9-7-10-19(5-2)6-3/h4-10H2,1-3H3,(H,15,20)(H,16,18,21). The van der Waals surface area contributed by atoms with E-state index in [9.17, 15) is 9.59 Å². The van der Waals surface area contributed by atoms with Gasteiger partial charge < -0.3 is 10.2 Å². The van der Waals surface area contributed by atoms with E-state index in [2.05, 4.69) is 39.6 Å². The van der Waals surface area contributed by atoms with Crippen LogP contribution in [-0.2, 0) is 16.0 Å². The van der Waals surface area contributed by atoms with Crippen molar-refractivity contribution in [3.05, 3.63) is 5.01 Å². The molecule has 1 rings (SSSR count). The fraction of sp³-hybridized carbons (Fsp3) is 0.714. The molecule has 7 nitrogen and oxygen atoms in total. The van der Waals surface area contributed by atoms with Gasteiger partial charge in [-0.1, -0.05) is 32.1 Å². The number of carbonyl (C=O) groups is 2. The van der Waals surface area contributed by atoms with E-state index in [0.29, 0.717) is 11.7 Å². The topological polar surface area (TPSA) is 87.2 Å². The third kappa shape index (κ3) is 6.48. The molecule has 0 bridgehead atoms. The smallest absolute Gasteiger partial charge is 0.315 e. The van der Waals surface area contributed by atoms with Crippen LogP contribution in [0.1, 0.15) is 38.6 Å². The van der Waals surface area contributed by atoms with Gasteiger partial charge in [0.25, 0.3) is 0 Å². The Labute approximate surface area is 135 Å². The number of aromatic nitrogens is 2. The second-order valence-corrected chi connectivity index (χ2v) is 5.90. The molecule has 0 aliphatic heterocycles. The molecule has 0 atom stereocenters. The lowest BCUT2D eigenvalue weighted by molar-refractivity contribution is -0.136. The number of hydrogen-bond acceptors (Lipinski definition) is 6. The monoisotopic (exact) mass is 327 g/mol. The minimum atomic E-state index is -0.693. The third-order valence-electron chi connectivity index (χ3n) is 3.19. The number of amides is 2. The van der Waals surface area contributed by atoms with Crippen molar-refractivity contribution in [2.24, 2.45) is 0 Å². The zero-order chi connectivity index (χ0) is 16.4. The molecule has 0 saturated heterocycles. The molecule has 0 saturated carbocycles. The van der Waals surface area contributed by atoms with Crippen molar-refractivity contribution < 1.29 is 9.59 Å². The normalized spacial score (nSPS) is 10.7. The van der Waals surface area contributed by atoms with E-state index in [1.807, 2.05) is 6.92 Å². The number of anilines is 1. The summed E-state index contributed by atoms with van der Waals surface area (Å²) < 4.78 is 0. The quantitative estimate of drug-likeness (QED) is 0.527. The Kier molecular flexibility index (Phi) is 8.61. The van der Waals surface area contributed by atoms with Crippen LogP contribution in [0.2, 0.25) is 0 Å². The van der Waals surface area contributed by atoms with Crippen molar-refractivity contribution in [3.63, 3.8) is 0 Å². The molecule has 1 aromatic heterocycles. The Hall–Kier alpha value is -1.54. The summed E-state index contributed by atoms with van der Waals surface area (Å²) in [5.74, 6) is -1.33. The number of rotatable bonds is 9. The summed E-state index contributed by atoms with van der Waals surface area (Å²) in [6.07, 6.45) is 2.61. The lowest BCUT2D eigenvalue weighted by Gasteiger charge is -2.17. The van der Waals surface area contributed by atoms with Gasteiger partial charge in [-0.25, -0.2) is 0 Å². The fourth-order valence-electron chi connectivity index (χ4n) is 1.90. The van der Waals surface area contributed by atoms with Crippen LogP contribution in [0.25, 0.3) is 0 Å². The number of hydrogen-bond donors (Lipinski definition) is 2. The van der Waals surface area contributed by atoms with Crippen LogP contribution in [-0.4, -0.2) is 53.1 Å². The fourth-order valence-corrected chi connectivity index (χ4v) is 2.73. The Bertz CT molecular complexity index is 474. The summed E-state index contributed by atoms with van der Waals surface area (Å²) in [6.45, 7) is 9.62. The van der Waals surface area contributed by atoms with Crippen LogP contribution in [0.15, 0.2) is 0 Å². The first-order valence-corrected chi connectivity index (χ1v) is 8.56. The van der Waals surface area contributed by atoms with E-state index < -0.39 is 11.8 Å². The summed E-state index contributed by atoms with van der Waals surface area (Å²) in [5.41, 5.74) is 0. The minimum Gasteiger partial charge on any atom is -0.348 e. The van der Waals surface area contributed by atoms with E-state index in [-0.39, 0.29) is 0 Å². The predicted molar refractivity (Wildman–Crippen MR) is 87.9 cm³/mol. The largest absolute Gasteiger partial charge is 0.348 e. The van der Waals surface area contributed by atoms with Crippen LogP contribution in [0.3, 0.4) is 0 Å². The molecule has 124 valence electrons. The van der Waals surface area contributed by atoms with E-state index in [1.165, 1.54) is 11.3 Å². The van der Waals surface area contributed by atoms with Crippen LogP contribution < -0.4 is 10.6 Å². The highest BCUT2D eigenvalue weighted by Gasteiger charge is 2.15. The average molecular weight is 327 g/mol. The molecule has 0 aliphatic carbocycles. The molecular formula is C14H25N5O2S. The number of nitrogens with one attached hydrogen (secondary N) is 2. The Morgan fingerprint density at radius 3 is 2.50 bits per heavy atom. The van der Waals surface area contributed by atoms with E-state index in [1.54, 1.807) is 0 Å². The molecule has 0 aromatic carbocycles. The molecule has 1 heterocycles. The van der Waals surface area contributed by atoms with Crippen molar-refractivity contribution in [3.8, 4) is 0 Å². The SMILES string of the molecule is CCCc1nnc(NC(=O)C(=O)NCCCN(CC)CC)s1. The second kappa shape index (κ2) is 10.2. The maximum absolute atomic E-state index is 11.7. The summed E-state index contributed by atoms with van der Waals surface area (Å²) in [4.78, 5) is 25.7. The van der Waals surface area contributed by atoms with Gasteiger partial charge in [0.2, 0.25) is 5.13 Å². The van der Waals surface area contributed by atoms with Gasteiger partial charge in [0.15, 0.2) is 0 Å². The van der Waals surface area contributed by atoms with Crippen LogP contribution in [0.5, 0.6) is 0 Å². The molecular weight excluding hydrogens is 302 g/mol. The zero-order valence-corrected chi connectivity index (χ0v) is 14.3. The van der Waals surface area contributed by atoms with Crippen LogP contribution in [0.4, 0.5) is 5.13 Å². The van der Waals surface area contributed by atoms with Gasteiger partial charge in [0, 0.05) is 13.0 Å². The first-order valence-electron chi connectivity index (χ1n) is 7.74. The number of nitrogens with zero attached hydrogens (tertiary/aromatic N) is 3. The maximum Gasteiger partial charge on any atom is 0.315 e.